The summed E-state index contributed by atoms with van der Waals surface area (Å²) in [6.45, 7) is 5.00. The third-order valence-corrected chi connectivity index (χ3v) is 7.72. The highest BCUT2D eigenvalue weighted by molar-refractivity contribution is 6.20. The third kappa shape index (κ3) is 4.62. The molecule has 6 aromatic rings. The van der Waals surface area contributed by atoms with E-state index in [0.717, 1.165) is 36.1 Å². The number of ether oxygens (including phenoxy) is 1. The molecule has 0 unspecified atom stereocenters. The number of benzene rings is 4. The molecule has 0 N–H and O–H groups in total. The summed E-state index contributed by atoms with van der Waals surface area (Å²) >= 11 is 0. The molecule has 0 saturated heterocycles. The van der Waals surface area contributed by atoms with Crippen molar-refractivity contribution >= 4 is 27.7 Å². The molecule has 0 amide bonds. The fourth-order valence-corrected chi connectivity index (χ4v) is 5.71. The monoisotopic (exact) mass is 541 g/mol. The normalized spacial score (nSPS) is 13.1. The van der Waals surface area contributed by atoms with Crippen LogP contribution in [0, 0.1) is 6.92 Å². The first kappa shape index (κ1) is 25.1. The Bertz CT molecular complexity index is 1960. The SMILES string of the molecule is Cc1cc(=O)oc2c1ccc1oc(C(=O)c3cccc(OCCN4Cc5ccccc5C4)c3)c(-c3ccccc3)c12. The number of rotatable bonds is 7. The van der Waals surface area contributed by atoms with Crippen molar-refractivity contribution in [3.8, 4) is 16.9 Å². The van der Waals surface area contributed by atoms with Gasteiger partial charge in [0.2, 0.25) is 5.78 Å². The van der Waals surface area contributed by atoms with Gasteiger partial charge in [0.1, 0.15) is 23.5 Å². The molecule has 0 fully saturated rings. The van der Waals surface area contributed by atoms with Crippen LogP contribution in [0.4, 0.5) is 0 Å². The Labute approximate surface area is 236 Å². The molecule has 4 aromatic carbocycles. The van der Waals surface area contributed by atoms with Crippen LogP contribution in [-0.4, -0.2) is 23.8 Å². The lowest BCUT2D eigenvalue weighted by Crippen LogP contribution is -2.22. The minimum atomic E-state index is -0.446. The van der Waals surface area contributed by atoms with Crippen molar-refractivity contribution in [1.29, 1.82) is 0 Å². The van der Waals surface area contributed by atoms with E-state index in [1.165, 1.54) is 17.2 Å². The average molecular weight is 542 g/mol. The van der Waals surface area contributed by atoms with E-state index in [2.05, 4.69) is 29.2 Å². The van der Waals surface area contributed by atoms with E-state index >= 15 is 0 Å². The van der Waals surface area contributed by atoms with Crippen LogP contribution in [-0.2, 0) is 13.1 Å². The minimum absolute atomic E-state index is 0.190. The Morgan fingerprint density at radius 3 is 2.39 bits per heavy atom. The number of carbonyl (C=O) groups excluding carboxylic acids is 1. The summed E-state index contributed by atoms with van der Waals surface area (Å²) in [6.07, 6.45) is 0. The number of carbonyl (C=O) groups is 1. The van der Waals surface area contributed by atoms with Gasteiger partial charge in [-0.05, 0) is 53.4 Å². The summed E-state index contributed by atoms with van der Waals surface area (Å²) in [4.78, 5) is 28.7. The van der Waals surface area contributed by atoms with Gasteiger partial charge < -0.3 is 13.6 Å². The van der Waals surface area contributed by atoms with Crippen molar-refractivity contribution in [2.45, 2.75) is 20.0 Å². The fraction of sp³-hybridized carbons (Fsp3) is 0.143. The first-order valence-electron chi connectivity index (χ1n) is 13.7. The Morgan fingerprint density at radius 1 is 0.854 bits per heavy atom. The maximum absolute atomic E-state index is 14.0. The molecule has 0 bridgehead atoms. The predicted molar refractivity (Wildman–Crippen MR) is 158 cm³/mol. The van der Waals surface area contributed by atoms with Crippen molar-refractivity contribution in [1.82, 2.24) is 4.90 Å². The zero-order chi connectivity index (χ0) is 27.9. The van der Waals surface area contributed by atoms with Crippen molar-refractivity contribution in [3.63, 3.8) is 0 Å². The zero-order valence-corrected chi connectivity index (χ0v) is 22.6. The van der Waals surface area contributed by atoms with Crippen LogP contribution in [0.15, 0.2) is 111 Å². The molecule has 1 aliphatic heterocycles. The number of nitrogens with zero attached hydrogens (tertiary/aromatic N) is 1. The van der Waals surface area contributed by atoms with Gasteiger partial charge in [0.15, 0.2) is 5.76 Å². The van der Waals surface area contributed by atoms with Crippen molar-refractivity contribution < 1.29 is 18.4 Å². The van der Waals surface area contributed by atoms with Crippen molar-refractivity contribution in [2.75, 3.05) is 13.2 Å². The van der Waals surface area contributed by atoms with E-state index in [-0.39, 0.29) is 11.5 Å². The van der Waals surface area contributed by atoms with Crippen LogP contribution < -0.4 is 10.4 Å². The number of aryl methyl sites for hydroxylation is 1. The maximum atomic E-state index is 14.0. The number of furan rings is 1. The molecule has 41 heavy (non-hydrogen) atoms. The molecule has 6 heteroatoms. The first-order chi connectivity index (χ1) is 20.0. The van der Waals surface area contributed by atoms with Gasteiger partial charge in [-0.2, -0.15) is 0 Å². The lowest BCUT2D eigenvalue weighted by Gasteiger charge is -2.15. The maximum Gasteiger partial charge on any atom is 0.336 e. The number of hydrogen-bond acceptors (Lipinski definition) is 6. The van der Waals surface area contributed by atoms with Crippen LogP contribution in [0.1, 0.15) is 32.8 Å². The van der Waals surface area contributed by atoms with E-state index in [4.69, 9.17) is 13.6 Å². The standard InChI is InChI=1S/C35H27NO5/c1-22-18-30(37)41-34-28(22)14-15-29-32(34)31(23-8-3-2-4-9-23)35(40-29)33(38)24-12-7-13-27(19-24)39-17-16-36-20-25-10-5-6-11-26(25)21-36/h2-15,18-19H,16-17,20-21H2,1H3. The topological polar surface area (TPSA) is 72.9 Å². The highest BCUT2D eigenvalue weighted by Crippen LogP contribution is 2.40. The lowest BCUT2D eigenvalue weighted by atomic mass is 9.96. The van der Waals surface area contributed by atoms with Crippen molar-refractivity contribution in [3.05, 3.63) is 135 Å². The predicted octanol–water partition coefficient (Wildman–Crippen LogP) is 7.14. The van der Waals surface area contributed by atoms with E-state index in [9.17, 15) is 9.59 Å². The summed E-state index contributed by atoms with van der Waals surface area (Å²) in [5.41, 5.74) is 5.82. The molecule has 6 nitrogen and oxygen atoms in total. The number of hydrogen-bond donors (Lipinski definition) is 0. The highest BCUT2D eigenvalue weighted by atomic mass is 16.5. The van der Waals surface area contributed by atoms with E-state index in [1.54, 1.807) is 12.1 Å². The van der Waals surface area contributed by atoms with Crippen LogP contribution in [0.2, 0.25) is 0 Å². The molecule has 202 valence electrons. The van der Waals surface area contributed by atoms with Gasteiger partial charge >= 0.3 is 5.63 Å². The summed E-state index contributed by atoms with van der Waals surface area (Å²) < 4.78 is 18.0. The van der Waals surface area contributed by atoms with Gasteiger partial charge in [-0.25, -0.2) is 4.79 Å². The van der Waals surface area contributed by atoms with Crippen molar-refractivity contribution in [2.24, 2.45) is 0 Å². The second-order valence-corrected chi connectivity index (χ2v) is 10.4. The molecular weight excluding hydrogens is 514 g/mol. The molecule has 2 aromatic heterocycles. The van der Waals surface area contributed by atoms with Crippen LogP contribution in [0.5, 0.6) is 5.75 Å². The van der Waals surface area contributed by atoms with E-state index in [1.807, 2.05) is 61.5 Å². The van der Waals surface area contributed by atoms with Gasteiger partial charge in [-0.15, -0.1) is 0 Å². The molecular formula is C35H27NO5. The molecule has 1 aliphatic rings. The Hall–Kier alpha value is -4.94. The average Bonchev–Trinajstić information content (AvgIpc) is 3.59. The van der Waals surface area contributed by atoms with Crippen LogP contribution in [0.3, 0.4) is 0 Å². The molecule has 0 atom stereocenters. The smallest absolute Gasteiger partial charge is 0.336 e. The second kappa shape index (κ2) is 10.2. The van der Waals surface area contributed by atoms with Crippen LogP contribution >= 0.6 is 0 Å². The summed E-state index contributed by atoms with van der Waals surface area (Å²) in [7, 11) is 0. The summed E-state index contributed by atoms with van der Waals surface area (Å²) in [5, 5.41) is 1.41. The quantitative estimate of drug-likeness (QED) is 0.158. The summed E-state index contributed by atoms with van der Waals surface area (Å²) in [5.74, 6) is 0.537. The molecule has 0 aliphatic carbocycles. The Kier molecular flexibility index (Phi) is 6.25. The van der Waals surface area contributed by atoms with Gasteiger partial charge in [-0.3, -0.25) is 9.69 Å². The van der Waals surface area contributed by atoms with Gasteiger partial charge in [0, 0.05) is 42.2 Å². The van der Waals surface area contributed by atoms with E-state index in [0.29, 0.717) is 40.0 Å². The van der Waals surface area contributed by atoms with Gasteiger partial charge in [0.25, 0.3) is 0 Å². The van der Waals surface area contributed by atoms with Gasteiger partial charge in [-0.1, -0.05) is 66.7 Å². The Morgan fingerprint density at radius 2 is 1.61 bits per heavy atom. The molecule has 0 saturated carbocycles. The number of fused-ring (bicyclic) bond motifs is 4. The fourth-order valence-electron chi connectivity index (χ4n) is 5.71. The third-order valence-electron chi connectivity index (χ3n) is 7.72. The summed E-state index contributed by atoms with van der Waals surface area (Å²) in [6, 6.07) is 30.4. The zero-order valence-electron chi connectivity index (χ0n) is 22.6. The minimum Gasteiger partial charge on any atom is -0.492 e. The second-order valence-electron chi connectivity index (χ2n) is 10.4. The van der Waals surface area contributed by atoms with E-state index < -0.39 is 5.63 Å². The molecule has 0 radical (unpaired) electrons. The largest absolute Gasteiger partial charge is 0.492 e. The first-order valence-corrected chi connectivity index (χ1v) is 13.7. The molecule has 7 rings (SSSR count). The Balaban J connectivity index is 1.21. The van der Waals surface area contributed by atoms with Crippen LogP contribution in [0.25, 0.3) is 33.1 Å². The highest BCUT2D eigenvalue weighted by Gasteiger charge is 2.26. The van der Waals surface area contributed by atoms with Gasteiger partial charge in [0.05, 0.1) is 5.39 Å². The lowest BCUT2D eigenvalue weighted by molar-refractivity contribution is 0.101. The molecule has 0 spiro atoms. The molecule has 3 heterocycles. The number of ketones is 1.